The van der Waals surface area contributed by atoms with Gasteiger partial charge in [0.05, 0.1) is 18.4 Å². The van der Waals surface area contributed by atoms with Gasteiger partial charge in [-0.05, 0) is 58.1 Å². The van der Waals surface area contributed by atoms with E-state index >= 15 is 0 Å². The number of nitrogens with zero attached hydrogens (tertiary/aromatic N) is 4. The molecule has 1 aliphatic carbocycles. The highest BCUT2D eigenvalue weighted by molar-refractivity contribution is 6.01. The van der Waals surface area contributed by atoms with Gasteiger partial charge in [-0.15, -0.1) is 0 Å². The van der Waals surface area contributed by atoms with Crippen molar-refractivity contribution in [2.75, 3.05) is 5.32 Å². The lowest BCUT2D eigenvalue weighted by atomic mass is 10.1. The van der Waals surface area contributed by atoms with Crippen molar-refractivity contribution in [1.29, 1.82) is 0 Å². The Morgan fingerprint density at radius 1 is 1.13 bits per heavy atom. The number of carbonyl (C=O) groups is 1. The van der Waals surface area contributed by atoms with Crippen molar-refractivity contribution in [1.82, 2.24) is 19.6 Å². The molecule has 2 heterocycles. The van der Waals surface area contributed by atoms with Gasteiger partial charge in [0.2, 0.25) is 5.91 Å². The second kappa shape index (κ2) is 8.30. The third-order valence-electron chi connectivity index (χ3n) is 5.68. The molecule has 0 unspecified atom stereocenters. The van der Waals surface area contributed by atoms with Crippen LogP contribution in [-0.2, 0) is 17.9 Å². The van der Waals surface area contributed by atoms with Crippen molar-refractivity contribution in [2.24, 2.45) is 5.92 Å². The van der Waals surface area contributed by atoms with Gasteiger partial charge >= 0.3 is 0 Å². The molecule has 3 aromatic rings. The second-order valence-corrected chi connectivity index (χ2v) is 8.35. The van der Waals surface area contributed by atoms with Gasteiger partial charge < -0.3 is 5.32 Å². The number of rotatable bonds is 7. The average molecular weight is 404 g/mol. The van der Waals surface area contributed by atoms with E-state index in [9.17, 15) is 4.79 Å². The fourth-order valence-electron chi connectivity index (χ4n) is 3.62. The van der Waals surface area contributed by atoms with E-state index in [4.69, 9.17) is 0 Å². The molecule has 0 bridgehead atoms. The maximum absolute atomic E-state index is 12.6. The molecule has 1 saturated carbocycles. The number of aryl methyl sites for hydroxylation is 3. The first-order valence-corrected chi connectivity index (χ1v) is 10.5. The molecule has 156 valence electrons. The quantitative estimate of drug-likeness (QED) is 0.594. The molecule has 0 aliphatic heterocycles. The molecular weight excluding hydrogens is 374 g/mol. The summed E-state index contributed by atoms with van der Waals surface area (Å²) in [5.41, 5.74) is 6.39. The molecule has 1 N–H and O–H groups in total. The van der Waals surface area contributed by atoms with Crippen molar-refractivity contribution in [3.8, 4) is 0 Å². The first-order valence-electron chi connectivity index (χ1n) is 10.5. The summed E-state index contributed by atoms with van der Waals surface area (Å²) in [5, 5.41) is 12.1. The number of anilines is 1. The van der Waals surface area contributed by atoms with Crippen molar-refractivity contribution in [3.05, 3.63) is 70.2 Å². The Hall–Kier alpha value is -3.15. The minimum atomic E-state index is -0.152. The van der Waals surface area contributed by atoms with E-state index in [2.05, 4.69) is 46.7 Å². The van der Waals surface area contributed by atoms with Crippen LogP contribution in [0.5, 0.6) is 0 Å². The molecule has 1 fully saturated rings. The monoisotopic (exact) mass is 403 g/mol. The highest BCUT2D eigenvalue weighted by atomic mass is 16.1. The maximum Gasteiger partial charge on any atom is 0.249 e. The number of nitrogens with one attached hydrogen (secondary N) is 1. The summed E-state index contributed by atoms with van der Waals surface area (Å²) >= 11 is 0. The molecule has 2 aromatic heterocycles. The number of carbonyl (C=O) groups excluding carboxylic acids is 1. The van der Waals surface area contributed by atoms with Gasteiger partial charge in [-0.3, -0.25) is 9.48 Å². The number of benzene rings is 1. The molecule has 0 saturated heterocycles. The van der Waals surface area contributed by atoms with Gasteiger partial charge in [-0.25, -0.2) is 4.68 Å². The van der Waals surface area contributed by atoms with Gasteiger partial charge in [-0.1, -0.05) is 29.8 Å². The van der Waals surface area contributed by atoms with Gasteiger partial charge in [0.15, 0.2) is 0 Å². The summed E-state index contributed by atoms with van der Waals surface area (Å²) in [7, 11) is 0. The maximum atomic E-state index is 12.6. The third kappa shape index (κ3) is 4.53. The summed E-state index contributed by atoms with van der Waals surface area (Å²) in [6.07, 6.45) is 7.75. The molecule has 1 aliphatic rings. The highest BCUT2D eigenvalue weighted by Crippen LogP contribution is 2.31. The van der Waals surface area contributed by atoms with Crippen LogP contribution in [0.2, 0.25) is 0 Å². The molecule has 4 rings (SSSR count). The molecule has 0 spiro atoms. The van der Waals surface area contributed by atoms with E-state index in [0.717, 1.165) is 34.9 Å². The van der Waals surface area contributed by atoms with Crippen molar-refractivity contribution in [3.63, 3.8) is 0 Å². The SMILES string of the molecule is Cc1ccc(Cn2nc(C)c(/C=C/C(=O)Nc3c(C)cnn3CC3CC3)c2C)cc1. The fourth-order valence-corrected chi connectivity index (χ4v) is 3.62. The van der Waals surface area contributed by atoms with E-state index in [1.807, 2.05) is 42.4 Å². The topological polar surface area (TPSA) is 64.7 Å². The Morgan fingerprint density at radius 2 is 1.87 bits per heavy atom. The Morgan fingerprint density at radius 3 is 2.57 bits per heavy atom. The lowest BCUT2D eigenvalue weighted by Crippen LogP contribution is -2.14. The third-order valence-corrected chi connectivity index (χ3v) is 5.68. The predicted molar refractivity (Wildman–Crippen MR) is 119 cm³/mol. The predicted octanol–water partition coefficient (Wildman–Crippen LogP) is 4.42. The standard InChI is InChI=1S/C24H29N5O/c1-16-5-7-20(8-6-16)14-28-19(4)22(18(3)27-28)11-12-23(30)26-24-17(2)13-25-29(24)15-21-9-10-21/h5-8,11-13,21H,9-10,14-15H2,1-4H3,(H,26,30)/b12-11+. The van der Waals surface area contributed by atoms with E-state index in [0.29, 0.717) is 12.5 Å². The van der Waals surface area contributed by atoms with Crippen LogP contribution in [-0.4, -0.2) is 25.5 Å². The summed E-state index contributed by atoms with van der Waals surface area (Å²) < 4.78 is 3.90. The molecule has 1 amide bonds. The van der Waals surface area contributed by atoms with Crippen LogP contribution in [0.1, 0.15) is 46.5 Å². The fraction of sp³-hybridized carbons (Fsp3) is 0.375. The van der Waals surface area contributed by atoms with Gasteiger partial charge in [0, 0.05) is 29.4 Å². The van der Waals surface area contributed by atoms with Crippen LogP contribution in [0.15, 0.2) is 36.5 Å². The summed E-state index contributed by atoms with van der Waals surface area (Å²) in [4.78, 5) is 12.6. The van der Waals surface area contributed by atoms with Crippen LogP contribution < -0.4 is 5.32 Å². The Kier molecular flexibility index (Phi) is 5.57. The average Bonchev–Trinajstić information content (AvgIpc) is 3.42. The minimum absolute atomic E-state index is 0.152. The van der Waals surface area contributed by atoms with E-state index in [1.54, 1.807) is 6.08 Å². The van der Waals surface area contributed by atoms with Crippen LogP contribution in [0.4, 0.5) is 5.82 Å². The van der Waals surface area contributed by atoms with Gasteiger partial charge in [-0.2, -0.15) is 10.2 Å². The molecule has 6 heteroatoms. The van der Waals surface area contributed by atoms with Crippen LogP contribution in [0.25, 0.3) is 6.08 Å². The highest BCUT2D eigenvalue weighted by Gasteiger charge is 2.24. The largest absolute Gasteiger partial charge is 0.307 e. The van der Waals surface area contributed by atoms with Gasteiger partial charge in [0.25, 0.3) is 0 Å². The zero-order chi connectivity index (χ0) is 21.3. The molecule has 6 nitrogen and oxygen atoms in total. The normalized spacial score (nSPS) is 13.9. The zero-order valence-corrected chi connectivity index (χ0v) is 18.1. The summed E-state index contributed by atoms with van der Waals surface area (Å²) in [5.74, 6) is 1.33. The Labute approximate surface area is 177 Å². The smallest absolute Gasteiger partial charge is 0.249 e. The lowest BCUT2D eigenvalue weighted by molar-refractivity contribution is -0.111. The van der Waals surface area contributed by atoms with Crippen molar-refractivity contribution < 1.29 is 4.79 Å². The molecule has 30 heavy (non-hydrogen) atoms. The van der Waals surface area contributed by atoms with E-state index in [-0.39, 0.29) is 5.91 Å². The van der Waals surface area contributed by atoms with Gasteiger partial charge in [0.1, 0.15) is 5.82 Å². The van der Waals surface area contributed by atoms with Crippen molar-refractivity contribution in [2.45, 2.75) is 53.6 Å². The van der Waals surface area contributed by atoms with Crippen LogP contribution in [0, 0.1) is 33.6 Å². The van der Waals surface area contributed by atoms with E-state index < -0.39 is 0 Å². The van der Waals surface area contributed by atoms with Crippen molar-refractivity contribution >= 4 is 17.8 Å². The number of hydrogen-bond acceptors (Lipinski definition) is 3. The van der Waals surface area contributed by atoms with E-state index in [1.165, 1.54) is 24.0 Å². The van der Waals surface area contributed by atoms with Crippen LogP contribution >= 0.6 is 0 Å². The molecule has 0 radical (unpaired) electrons. The molecule has 1 aromatic carbocycles. The number of aromatic nitrogens is 4. The molecule has 0 atom stereocenters. The minimum Gasteiger partial charge on any atom is -0.307 e. The Bertz CT molecular complexity index is 1080. The zero-order valence-electron chi connectivity index (χ0n) is 18.1. The Balaban J connectivity index is 1.46. The summed E-state index contributed by atoms with van der Waals surface area (Å²) in [6.45, 7) is 9.66. The van der Waals surface area contributed by atoms with Crippen LogP contribution in [0.3, 0.4) is 0 Å². The number of hydrogen-bond donors (Lipinski definition) is 1. The second-order valence-electron chi connectivity index (χ2n) is 8.35. The lowest BCUT2D eigenvalue weighted by Gasteiger charge is -2.08. The molecular formula is C24H29N5O. The first kappa shape index (κ1) is 20.1. The summed E-state index contributed by atoms with van der Waals surface area (Å²) in [6, 6.07) is 8.48. The number of amides is 1. The first-order chi connectivity index (χ1) is 14.4.